The summed E-state index contributed by atoms with van der Waals surface area (Å²) in [7, 11) is 2.05. The zero-order valence-electron chi connectivity index (χ0n) is 15.7. The Kier molecular flexibility index (Phi) is 6.39. The first-order valence-electron chi connectivity index (χ1n) is 8.74. The maximum absolute atomic E-state index is 12.8. The van der Waals surface area contributed by atoms with Crippen molar-refractivity contribution in [2.75, 3.05) is 23.8 Å². The number of urea groups is 1. The highest BCUT2D eigenvalue weighted by molar-refractivity contribution is 5.90. The summed E-state index contributed by atoms with van der Waals surface area (Å²) in [5, 5.41) is 3.02. The Labute approximate surface area is 150 Å². The van der Waals surface area contributed by atoms with Crippen LogP contribution in [0, 0.1) is 0 Å². The van der Waals surface area contributed by atoms with Crippen molar-refractivity contribution in [1.29, 1.82) is 0 Å². The molecule has 25 heavy (non-hydrogen) atoms. The van der Waals surface area contributed by atoms with Gasteiger partial charge in [0.05, 0.1) is 6.04 Å². The minimum absolute atomic E-state index is 0.0415. The highest BCUT2D eigenvalue weighted by Gasteiger charge is 2.20. The zero-order chi connectivity index (χ0) is 18.4. The van der Waals surface area contributed by atoms with E-state index in [9.17, 15) is 4.79 Å². The second-order valence-electron chi connectivity index (χ2n) is 6.43. The molecule has 2 amide bonds. The third-order valence-corrected chi connectivity index (χ3v) is 4.52. The Morgan fingerprint density at radius 2 is 1.96 bits per heavy atom. The van der Waals surface area contributed by atoms with E-state index in [0.29, 0.717) is 12.6 Å². The predicted octanol–water partition coefficient (Wildman–Crippen LogP) is 4.54. The van der Waals surface area contributed by atoms with Crippen molar-refractivity contribution in [3.05, 3.63) is 54.4 Å². The number of aromatic nitrogens is 1. The van der Waals surface area contributed by atoms with Crippen LogP contribution < -0.4 is 10.2 Å². The fourth-order valence-electron chi connectivity index (χ4n) is 2.69. The standard InChI is InChI=1S/C20H28N4O/c1-6-24(16(4)17-9-8-12-21-14-17)20(25)22-18-10-7-11-19(13-18)23(5)15(2)3/h7-16H,6H2,1-5H3,(H,22,25)/t16-/m1/s1. The van der Waals surface area contributed by atoms with E-state index in [1.54, 1.807) is 17.3 Å². The van der Waals surface area contributed by atoms with Gasteiger partial charge in [-0.05, 0) is 57.5 Å². The smallest absolute Gasteiger partial charge is 0.322 e. The minimum Gasteiger partial charge on any atom is -0.372 e. The van der Waals surface area contributed by atoms with Crippen molar-refractivity contribution < 1.29 is 4.79 Å². The lowest BCUT2D eigenvalue weighted by atomic mass is 10.1. The SMILES string of the molecule is CCN(C(=O)Nc1cccc(N(C)C(C)C)c1)[C@H](C)c1cccnc1. The second kappa shape index (κ2) is 8.51. The van der Waals surface area contributed by atoms with Gasteiger partial charge in [-0.3, -0.25) is 4.98 Å². The molecular formula is C20H28N4O. The van der Waals surface area contributed by atoms with Crippen LogP contribution in [0.1, 0.15) is 39.3 Å². The van der Waals surface area contributed by atoms with Crippen molar-refractivity contribution in [3.8, 4) is 0 Å². The van der Waals surface area contributed by atoms with Crippen molar-refractivity contribution in [2.45, 2.75) is 39.8 Å². The maximum atomic E-state index is 12.8. The summed E-state index contributed by atoms with van der Waals surface area (Å²) in [6.45, 7) is 8.89. The number of carbonyl (C=O) groups is 1. The van der Waals surface area contributed by atoms with Gasteiger partial charge < -0.3 is 15.1 Å². The number of hydrogen-bond acceptors (Lipinski definition) is 3. The normalized spacial score (nSPS) is 11.9. The van der Waals surface area contributed by atoms with E-state index in [0.717, 1.165) is 16.9 Å². The van der Waals surface area contributed by atoms with Crippen LogP contribution in [0.4, 0.5) is 16.2 Å². The fourth-order valence-corrected chi connectivity index (χ4v) is 2.69. The van der Waals surface area contributed by atoms with Gasteiger partial charge in [-0.15, -0.1) is 0 Å². The Balaban J connectivity index is 2.13. The maximum Gasteiger partial charge on any atom is 0.322 e. The van der Waals surface area contributed by atoms with Crippen LogP contribution in [0.15, 0.2) is 48.8 Å². The molecule has 0 unspecified atom stereocenters. The number of anilines is 2. The van der Waals surface area contributed by atoms with Crippen LogP contribution in [0.5, 0.6) is 0 Å². The number of nitrogens with zero attached hydrogens (tertiary/aromatic N) is 3. The molecule has 0 spiro atoms. The Hall–Kier alpha value is -2.56. The third-order valence-electron chi connectivity index (χ3n) is 4.52. The van der Waals surface area contributed by atoms with E-state index in [4.69, 9.17) is 0 Å². The first kappa shape index (κ1) is 18.8. The van der Waals surface area contributed by atoms with Crippen LogP contribution in [0.2, 0.25) is 0 Å². The second-order valence-corrected chi connectivity index (χ2v) is 6.43. The number of nitrogens with one attached hydrogen (secondary N) is 1. The molecule has 0 radical (unpaired) electrons. The average Bonchev–Trinajstić information content (AvgIpc) is 2.62. The van der Waals surface area contributed by atoms with Gasteiger partial charge in [0.15, 0.2) is 0 Å². The molecule has 0 aliphatic carbocycles. The molecule has 134 valence electrons. The van der Waals surface area contributed by atoms with Gasteiger partial charge in [0.1, 0.15) is 0 Å². The van der Waals surface area contributed by atoms with Gasteiger partial charge in [0.2, 0.25) is 0 Å². The average molecular weight is 340 g/mol. The molecule has 5 nitrogen and oxygen atoms in total. The Bertz CT molecular complexity index is 687. The highest BCUT2D eigenvalue weighted by atomic mass is 16.2. The molecule has 0 bridgehead atoms. The molecule has 0 saturated carbocycles. The Morgan fingerprint density at radius 1 is 1.20 bits per heavy atom. The molecule has 1 heterocycles. The molecule has 1 N–H and O–H groups in total. The zero-order valence-corrected chi connectivity index (χ0v) is 15.7. The summed E-state index contributed by atoms with van der Waals surface area (Å²) in [5.41, 5.74) is 2.90. The number of benzene rings is 1. The van der Waals surface area contributed by atoms with Crippen molar-refractivity contribution in [2.24, 2.45) is 0 Å². The number of hydrogen-bond donors (Lipinski definition) is 1. The summed E-state index contributed by atoms with van der Waals surface area (Å²) in [6, 6.07) is 12.1. The topological polar surface area (TPSA) is 48.5 Å². The quantitative estimate of drug-likeness (QED) is 0.840. The summed E-state index contributed by atoms with van der Waals surface area (Å²) in [6.07, 6.45) is 3.54. The molecule has 2 rings (SSSR count). The molecular weight excluding hydrogens is 312 g/mol. The summed E-state index contributed by atoms with van der Waals surface area (Å²) in [4.78, 5) is 20.9. The van der Waals surface area contributed by atoms with Gasteiger partial charge in [-0.25, -0.2) is 4.79 Å². The predicted molar refractivity (Wildman–Crippen MR) is 104 cm³/mol. The fraction of sp³-hybridized carbons (Fsp3) is 0.400. The molecule has 1 aromatic carbocycles. The minimum atomic E-state index is -0.108. The van der Waals surface area contributed by atoms with Crippen LogP contribution in [0.25, 0.3) is 0 Å². The molecule has 0 aliphatic heterocycles. The lowest BCUT2D eigenvalue weighted by Crippen LogP contribution is -2.37. The monoisotopic (exact) mass is 340 g/mol. The Morgan fingerprint density at radius 3 is 2.56 bits per heavy atom. The van der Waals surface area contributed by atoms with Gasteiger partial charge in [-0.1, -0.05) is 12.1 Å². The molecule has 2 aromatic rings. The largest absolute Gasteiger partial charge is 0.372 e. The van der Waals surface area contributed by atoms with E-state index in [1.165, 1.54) is 0 Å². The van der Waals surface area contributed by atoms with Gasteiger partial charge in [0, 0.05) is 43.4 Å². The third kappa shape index (κ3) is 4.72. The molecule has 0 aliphatic rings. The molecule has 0 saturated heterocycles. The van der Waals surface area contributed by atoms with Gasteiger partial charge in [-0.2, -0.15) is 0 Å². The molecule has 0 fully saturated rings. The lowest BCUT2D eigenvalue weighted by molar-refractivity contribution is 0.197. The van der Waals surface area contributed by atoms with Gasteiger partial charge in [0.25, 0.3) is 0 Å². The number of carbonyl (C=O) groups excluding carboxylic acids is 1. The van der Waals surface area contributed by atoms with Crippen molar-refractivity contribution in [1.82, 2.24) is 9.88 Å². The van der Waals surface area contributed by atoms with Crippen LogP contribution >= 0.6 is 0 Å². The van der Waals surface area contributed by atoms with E-state index < -0.39 is 0 Å². The van der Waals surface area contributed by atoms with Crippen LogP contribution in [0.3, 0.4) is 0 Å². The summed E-state index contributed by atoms with van der Waals surface area (Å²) in [5.74, 6) is 0. The first-order chi connectivity index (χ1) is 11.9. The lowest BCUT2D eigenvalue weighted by Gasteiger charge is -2.29. The first-order valence-corrected chi connectivity index (χ1v) is 8.74. The van der Waals surface area contributed by atoms with E-state index >= 15 is 0 Å². The van der Waals surface area contributed by atoms with Crippen molar-refractivity contribution >= 4 is 17.4 Å². The van der Waals surface area contributed by atoms with E-state index in [1.807, 2.05) is 50.2 Å². The van der Waals surface area contributed by atoms with Crippen LogP contribution in [-0.2, 0) is 0 Å². The van der Waals surface area contributed by atoms with E-state index in [2.05, 4.69) is 36.1 Å². The molecule has 1 atom stereocenters. The molecule has 1 aromatic heterocycles. The number of amides is 2. The van der Waals surface area contributed by atoms with Gasteiger partial charge >= 0.3 is 6.03 Å². The number of pyridine rings is 1. The summed E-state index contributed by atoms with van der Waals surface area (Å²) < 4.78 is 0. The molecule has 5 heteroatoms. The highest BCUT2D eigenvalue weighted by Crippen LogP contribution is 2.23. The summed E-state index contributed by atoms with van der Waals surface area (Å²) >= 11 is 0. The van der Waals surface area contributed by atoms with Crippen LogP contribution in [-0.4, -0.2) is 35.5 Å². The van der Waals surface area contributed by atoms with E-state index in [-0.39, 0.29) is 12.1 Å². The number of rotatable bonds is 6. The van der Waals surface area contributed by atoms with Crippen molar-refractivity contribution in [3.63, 3.8) is 0 Å².